The van der Waals surface area contributed by atoms with Gasteiger partial charge in [0.15, 0.2) is 0 Å². The van der Waals surface area contributed by atoms with Gasteiger partial charge in [0, 0.05) is 17.2 Å². The van der Waals surface area contributed by atoms with Crippen molar-refractivity contribution >= 4 is 16.8 Å². The lowest BCUT2D eigenvalue weighted by molar-refractivity contribution is -0.274. The molecule has 31 heavy (non-hydrogen) atoms. The van der Waals surface area contributed by atoms with Crippen LogP contribution in [0.3, 0.4) is 0 Å². The topological polar surface area (TPSA) is 106 Å². The summed E-state index contributed by atoms with van der Waals surface area (Å²) in [4.78, 5) is 24.5. The van der Waals surface area contributed by atoms with E-state index in [2.05, 4.69) is 25.5 Å². The Morgan fingerprint density at radius 3 is 2.65 bits per heavy atom. The molecule has 0 spiro atoms. The first-order valence-electron chi connectivity index (χ1n) is 8.84. The molecule has 2 aromatic carbocycles. The predicted octanol–water partition coefficient (Wildman–Crippen LogP) is 2.78. The van der Waals surface area contributed by atoms with Gasteiger partial charge in [-0.2, -0.15) is 0 Å². The first kappa shape index (κ1) is 22.0. The number of fused-ring (bicyclic) bond motifs is 1. The van der Waals surface area contributed by atoms with E-state index in [0.717, 1.165) is 12.1 Å². The zero-order chi connectivity index (χ0) is 22.8. The van der Waals surface area contributed by atoms with Crippen molar-refractivity contribution in [2.24, 2.45) is 0 Å². The highest BCUT2D eigenvalue weighted by molar-refractivity contribution is 5.88. The van der Waals surface area contributed by atoms with Gasteiger partial charge < -0.3 is 14.8 Å². The second-order valence-electron chi connectivity index (χ2n) is 6.49. The van der Waals surface area contributed by atoms with E-state index < -0.39 is 35.4 Å². The number of benzene rings is 2. The molecule has 164 valence electrons. The highest BCUT2D eigenvalue weighted by Gasteiger charge is 2.31. The Bertz CT molecular complexity index is 1180. The molecule has 0 radical (unpaired) electrons. The van der Waals surface area contributed by atoms with Crippen LogP contribution >= 0.6 is 0 Å². The van der Waals surface area contributed by atoms with Gasteiger partial charge in [-0.05, 0) is 19.1 Å². The Balaban J connectivity index is 1.77. The molecule has 0 unspecified atom stereocenters. The second-order valence-corrected chi connectivity index (χ2v) is 6.49. The first-order valence-corrected chi connectivity index (χ1v) is 8.84. The summed E-state index contributed by atoms with van der Waals surface area (Å²) in [5.41, 5.74) is 0.0924. The van der Waals surface area contributed by atoms with Crippen LogP contribution in [0.2, 0.25) is 0 Å². The number of H-pyrrole nitrogens is 1. The number of carbonyl (C=O) groups excluding carboxylic acids is 1. The lowest BCUT2D eigenvalue weighted by Crippen LogP contribution is -2.29. The number of ether oxygens (including phenoxy) is 2. The molecule has 1 atom stereocenters. The lowest BCUT2D eigenvalue weighted by Gasteiger charge is -2.17. The number of hydrogen-bond donors (Lipinski definition) is 2. The van der Waals surface area contributed by atoms with Gasteiger partial charge in [-0.3, -0.25) is 9.59 Å². The number of halogens is 4. The quantitative estimate of drug-likeness (QED) is 0.571. The van der Waals surface area contributed by atoms with Crippen LogP contribution < -0.4 is 20.3 Å². The largest absolute Gasteiger partial charge is 0.573 e. The third-order valence-electron chi connectivity index (χ3n) is 4.36. The molecule has 0 fully saturated rings. The molecule has 1 aromatic heterocycles. The van der Waals surface area contributed by atoms with Crippen molar-refractivity contribution in [1.82, 2.24) is 20.7 Å². The van der Waals surface area contributed by atoms with Gasteiger partial charge in [-0.15, -0.1) is 18.3 Å². The fourth-order valence-corrected chi connectivity index (χ4v) is 3.07. The minimum Gasteiger partial charge on any atom is -0.496 e. The number of nitrogens with one attached hydrogen (secondary N) is 2. The molecule has 1 amide bonds. The van der Waals surface area contributed by atoms with Crippen molar-refractivity contribution in [3.05, 3.63) is 57.6 Å². The molecule has 3 aromatic rings. The van der Waals surface area contributed by atoms with Gasteiger partial charge in [0.2, 0.25) is 5.91 Å². The Kier molecular flexibility index (Phi) is 6.09. The van der Waals surface area contributed by atoms with E-state index >= 15 is 0 Å². The number of rotatable bonds is 6. The van der Waals surface area contributed by atoms with Crippen LogP contribution in [-0.4, -0.2) is 34.8 Å². The normalized spacial score (nSPS) is 12.5. The molecule has 0 saturated carbocycles. The number of carbonyl (C=O) groups is 1. The summed E-state index contributed by atoms with van der Waals surface area (Å²) >= 11 is 0. The predicted molar refractivity (Wildman–Crippen MR) is 100 cm³/mol. The number of alkyl halides is 3. The zero-order valence-corrected chi connectivity index (χ0v) is 16.2. The number of aromatic amines is 1. The van der Waals surface area contributed by atoms with E-state index in [1.165, 1.54) is 20.1 Å². The molecular formula is C19H16F4N4O4. The summed E-state index contributed by atoms with van der Waals surface area (Å²) in [5, 5.41) is 12.1. The molecule has 8 nitrogen and oxygen atoms in total. The van der Waals surface area contributed by atoms with E-state index in [-0.39, 0.29) is 28.6 Å². The van der Waals surface area contributed by atoms with Crippen molar-refractivity contribution in [2.45, 2.75) is 25.7 Å². The Labute approximate surface area is 172 Å². The Hall–Kier alpha value is -3.70. The fraction of sp³-hybridized carbons (Fsp3) is 0.263. The molecule has 0 aliphatic carbocycles. The smallest absolute Gasteiger partial charge is 0.496 e. The van der Waals surface area contributed by atoms with Gasteiger partial charge in [0.05, 0.1) is 19.6 Å². The summed E-state index contributed by atoms with van der Waals surface area (Å²) in [6.45, 7) is 1.47. The van der Waals surface area contributed by atoms with E-state index in [1.54, 1.807) is 6.07 Å². The third-order valence-corrected chi connectivity index (χ3v) is 4.36. The minimum atomic E-state index is -4.94. The van der Waals surface area contributed by atoms with Crippen LogP contribution in [0.25, 0.3) is 10.9 Å². The van der Waals surface area contributed by atoms with E-state index in [9.17, 15) is 27.2 Å². The number of hydrogen-bond acceptors (Lipinski definition) is 6. The van der Waals surface area contributed by atoms with Gasteiger partial charge in [-0.1, -0.05) is 17.3 Å². The fourth-order valence-electron chi connectivity index (χ4n) is 3.07. The van der Waals surface area contributed by atoms with E-state index in [0.29, 0.717) is 11.6 Å². The number of amides is 1. The molecular weight excluding hydrogens is 424 g/mol. The summed E-state index contributed by atoms with van der Waals surface area (Å²) in [6, 6.07) is 4.83. The highest BCUT2D eigenvalue weighted by atomic mass is 19.4. The standard InChI is InChI=1S/C19H16F4N4O4/c1-9(12-5-4-11(8-13(12)20)31-19(21,22)23)24-15(28)7-10-3-6-14-16(17(10)30-2)18(29)26-27-25-14/h3-6,8-9H,7H2,1-2H3,(H,24,28)(H,25,26,29)/t9-/m0/s1. The van der Waals surface area contributed by atoms with Crippen LogP contribution in [0, 0.1) is 5.82 Å². The van der Waals surface area contributed by atoms with Crippen LogP contribution in [0.15, 0.2) is 35.1 Å². The van der Waals surface area contributed by atoms with Crippen molar-refractivity contribution in [3.8, 4) is 11.5 Å². The van der Waals surface area contributed by atoms with Crippen molar-refractivity contribution in [1.29, 1.82) is 0 Å². The molecule has 1 heterocycles. The maximum absolute atomic E-state index is 14.2. The van der Waals surface area contributed by atoms with Crippen LogP contribution in [0.1, 0.15) is 24.1 Å². The Morgan fingerprint density at radius 1 is 1.26 bits per heavy atom. The summed E-state index contributed by atoms with van der Waals surface area (Å²) < 4.78 is 59.9. The molecule has 0 aliphatic heterocycles. The number of nitrogens with zero attached hydrogens (tertiary/aromatic N) is 2. The van der Waals surface area contributed by atoms with E-state index in [1.807, 2.05) is 0 Å². The van der Waals surface area contributed by atoms with Crippen molar-refractivity contribution < 1.29 is 31.8 Å². The average Bonchev–Trinajstić information content (AvgIpc) is 2.67. The van der Waals surface area contributed by atoms with E-state index in [4.69, 9.17) is 4.74 Å². The molecule has 0 bridgehead atoms. The maximum Gasteiger partial charge on any atom is 0.573 e. The second kappa shape index (κ2) is 8.58. The van der Waals surface area contributed by atoms with Gasteiger partial charge in [-0.25, -0.2) is 9.49 Å². The highest BCUT2D eigenvalue weighted by Crippen LogP contribution is 2.28. The van der Waals surface area contributed by atoms with Crippen molar-refractivity contribution in [3.63, 3.8) is 0 Å². The third kappa shape index (κ3) is 5.08. The van der Waals surface area contributed by atoms with Gasteiger partial charge in [0.1, 0.15) is 28.2 Å². The SMILES string of the molecule is COc1c(CC(=O)N[C@@H](C)c2ccc(OC(F)(F)F)cc2F)ccc2nn[nH]c(=O)c12. The summed E-state index contributed by atoms with van der Waals surface area (Å²) in [6.07, 6.45) is -5.15. The summed E-state index contributed by atoms with van der Waals surface area (Å²) in [5.74, 6) is -2.06. The minimum absolute atomic E-state index is 0.0277. The first-order chi connectivity index (χ1) is 14.6. The molecule has 3 rings (SSSR count). The maximum atomic E-state index is 14.2. The van der Waals surface area contributed by atoms with Crippen LogP contribution in [0.4, 0.5) is 17.6 Å². The zero-order valence-electron chi connectivity index (χ0n) is 16.2. The average molecular weight is 440 g/mol. The van der Waals surface area contributed by atoms with Crippen LogP contribution in [-0.2, 0) is 11.2 Å². The van der Waals surface area contributed by atoms with Gasteiger partial charge >= 0.3 is 6.36 Å². The lowest BCUT2D eigenvalue weighted by atomic mass is 10.0. The number of aromatic nitrogens is 3. The molecule has 2 N–H and O–H groups in total. The van der Waals surface area contributed by atoms with Crippen LogP contribution in [0.5, 0.6) is 11.5 Å². The van der Waals surface area contributed by atoms with Crippen molar-refractivity contribution in [2.75, 3.05) is 7.11 Å². The van der Waals surface area contributed by atoms with Gasteiger partial charge in [0.25, 0.3) is 5.56 Å². The molecule has 0 aliphatic rings. The molecule has 12 heteroatoms. The summed E-state index contributed by atoms with van der Waals surface area (Å²) in [7, 11) is 1.33. The monoisotopic (exact) mass is 440 g/mol. The Morgan fingerprint density at radius 2 is 2.00 bits per heavy atom. The number of methoxy groups -OCH3 is 1. The molecule has 0 saturated heterocycles.